The first-order valence-corrected chi connectivity index (χ1v) is 7.46. The molecule has 2 aromatic rings. The summed E-state index contributed by atoms with van der Waals surface area (Å²) in [6.07, 6.45) is 3.17. The monoisotopic (exact) mass is 334 g/mol. The maximum atomic E-state index is 12.2. The quantitative estimate of drug-likeness (QED) is 0.604. The van der Waals surface area contributed by atoms with Crippen LogP contribution >= 0.6 is 23.2 Å². The molecule has 0 aliphatic carbocycles. The Morgan fingerprint density at radius 1 is 1.00 bits per heavy atom. The van der Waals surface area contributed by atoms with Crippen molar-refractivity contribution >= 4 is 35.1 Å². The van der Waals surface area contributed by atoms with Gasteiger partial charge in [-0.3, -0.25) is 4.79 Å². The number of halogens is 2. The van der Waals surface area contributed by atoms with Crippen LogP contribution in [0, 0.1) is 0 Å². The van der Waals surface area contributed by atoms with Crippen molar-refractivity contribution in [3.8, 4) is 11.5 Å². The number of hydrogen-bond acceptors (Lipinski definition) is 3. The zero-order valence-corrected chi connectivity index (χ0v) is 13.0. The molecule has 0 atom stereocenters. The SMILES string of the molecule is O=C(C=Cc1ccc2c(c1)OCCO2)c1cc(Cl)ccc1Cl. The van der Waals surface area contributed by atoms with Crippen LogP contribution in [0.4, 0.5) is 0 Å². The highest BCUT2D eigenvalue weighted by Gasteiger charge is 2.11. The van der Waals surface area contributed by atoms with Crippen molar-refractivity contribution in [3.05, 3.63) is 63.6 Å². The number of carbonyl (C=O) groups is 1. The molecule has 0 aromatic heterocycles. The Kier molecular flexibility index (Phi) is 4.36. The van der Waals surface area contributed by atoms with Gasteiger partial charge in [0.2, 0.25) is 0 Å². The fourth-order valence-corrected chi connectivity index (χ4v) is 2.49. The number of rotatable bonds is 3. The summed E-state index contributed by atoms with van der Waals surface area (Å²) in [5.74, 6) is 1.19. The maximum Gasteiger partial charge on any atom is 0.187 e. The topological polar surface area (TPSA) is 35.5 Å². The number of hydrogen-bond donors (Lipinski definition) is 0. The molecule has 0 saturated carbocycles. The van der Waals surface area contributed by atoms with Gasteiger partial charge in [0.05, 0.1) is 5.02 Å². The van der Waals surface area contributed by atoms with Gasteiger partial charge in [-0.15, -0.1) is 0 Å². The van der Waals surface area contributed by atoms with Crippen LogP contribution in [0.3, 0.4) is 0 Å². The minimum atomic E-state index is -0.206. The summed E-state index contributed by atoms with van der Waals surface area (Å²) in [6.45, 7) is 1.07. The zero-order valence-electron chi connectivity index (χ0n) is 11.5. The Morgan fingerprint density at radius 3 is 2.59 bits per heavy atom. The molecule has 0 radical (unpaired) electrons. The Balaban J connectivity index is 1.81. The molecule has 22 heavy (non-hydrogen) atoms. The zero-order chi connectivity index (χ0) is 15.5. The Hall–Kier alpha value is -1.97. The van der Waals surface area contributed by atoms with Crippen LogP contribution in [0.2, 0.25) is 10.0 Å². The second-order valence-corrected chi connectivity index (χ2v) is 5.57. The summed E-state index contributed by atoms with van der Waals surface area (Å²) < 4.78 is 11.0. The van der Waals surface area contributed by atoms with Gasteiger partial charge in [-0.05, 0) is 42.0 Å². The molecule has 1 heterocycles. The molecule has 0 saturated heterocycles. The van der Waals surface area contributed by atoms with E-state index in [2.05, 4.69) is 0 Å². The van der Waals surface area contributed by atoms with Crippen LogP contribution in [0.1, 0.15) is 15.9 Å². The largest absolute Gasteiger partial charge is 0.486 e. The molecular weight excluding hydrogens is 323 g/mol. The van der Waals surface area contributed by atoms with Gasteiger partial charge >= 0.3 is 0 Å². The van der Waals surface area contributed by atoms with E-state index in [0.717, 1.165) is 5.56 Å². The van der Waals surface area contributed by atoms with Crippen LogP contribution in [-0.4, -0.2) is 19.0 Å². The number of ketones is 1. The first-order valence-electron chi connectivity index (χ1n) is 6.70. The lowest BCUT2D eigenvalue weighted by molar-refractivity contribution is 0.104. The molecule has 0 fully saturated rings. The fraction of sp³-hybridized carbons (Fsp3) is 0.118. The third-order valence-corrected chi connectivity index (χ3v) is 3.75. The summed E-state index contributed by atoms with van der Waals surface area (Å²) in [4.78, 5) is 12.2. The van der Waals surface area contributed by atoms with E-state index in [0.29, 0.717) is 40.3 Å². The molecule has 5 heteroatoms. The molecule has 3 rings (SSSR count). The summed E-state index contributed by atoms with van der Waals surface area (Å²) >= 11 is 11.9. The summed E-state index contributed by atoms with van der Waals surface area (Å²) in [5, 5.41) is 0.849. The van der Waals surface area contributed by atoms with Gasteiger partial charge < -0.3 is 9.47 Å². The second-order valence-electron chi connectivity index (χ2n) is 4.72. The predicted molar refractivity (Wildman–Crippen MR) is 87.3 cm³/mol. The summed E-state index contributed by atoms with van der Waals surface area (Å²) in [5.41, 5.74) is 1.22. The van der Waals surface area contributed by atoms with E-state index < -0.39 is 0 Å². The molecule has 3 nitrogen and oxygen atoms in total. The molecular formula is C17H12Cl2O3. The van der Waals surface area contributed by atoms with E-state index in [1.807, 2.05) is 18.2 Å². The van der Waals surface area contributed by atoms with Gasteiger partial charge in [-0.1, -0.05) is 35.3 Å². The van der Waals surface area contributed by atoms with E-state index in [1.54, 1.807) is 24.3 Å². The number of benzene rings is 2. The second kappa shape index (κ2) is 6.42. The van der Waals surface area contributed by atoms with Crippen LogP contribution in [0.5, 0.6) is 11.5 Å². The Labute approximate surface area is 138 Å². The highest BCUT2D eigenvalue weighted by atomic mass is 35.5. The van der Waals surface area contributed by atoms with Gasteiger partial charge in [-0.2, -0.15) is 0 Å². The lowest BCUT2D eigenvalue weighted by Gasteiger charge is -2.18. The average Bonchev–Trinajstić information content (AvgIpc) is 2.54. The van der Waals surface area contributed by atoms with Gasteiger partial charge in [0.1, 0.15) is 13.2 Å². The molecule has 1 aliphatic rings. The highest BCUT2D eigenvalue weighted by Crippen LogP contribution is 2.31. The lowest BCUT2D eigenvalue weighted by atomic mass is 10.1. The summed E-state index contributed by atoms with van der Waals surface area (Å²) in [7, 11) is 0. The van der Waals surface area contributed by atoms with Gasteiger partial charge in [0.15, 0.2) is 17.3 Å². The molecule has 0 N–H and O–H groups in total. The predicted octanol–water partition coefficient (Wildman–Crippen LogP) is 4.66. The Morgan fingerprint density at radius 2 is 1.77 bits per heavy atom. The van der Waals surface area contributed by atoms with Crippen molar-refractivity contribution in [2.75, 3.05) is 13.2 Å². The fourth-order valence-electron chi connectivity index (χ4n) is 2.11. The minimum absolute atomic E-state index is 0.206. The van der Waals surface area contributed by atoms with Crippen molar-refractivity contribution in [1.82, 2.24) is 0 Å². The number of carbonyl (C=O) groups excluding carboxylic acids is 1. The molecule has 0 amide bonds. The van der Waals surface area contributed by atoms with Crippen LogP contribution in [0.15, 0.2) is 42.5 Å². The maximum absolute atomic E-state index is 12.2. The van der Waals surface area contributed by atoms with E-state index in [9.17, 15) is 4.79 Å². The van der Waals surface area contributed by atoms with Crippen LogP contribution in [0.25, 0.3) is 6.08 Å². The standard InChI is InChI=1S/C17H12Cl2O3/c18-12-3-4-14(19)13(10-12)15(20)5-1-11-2-6-16-17(9-11)22-8-7-21-16/h1-6,9-10H,7-8H2. The third-order valence-electron chi connectivity index (χ3n) is 3.19. The first-order chi connectivity index (χ1) is 10.6. The average molecular weight is 335 g/mol. The van der Waals surface area contributed by atoms with E-state index in [4.69, 9.17) is 32.7 Å². The van der Waals surface area contributed by atoms with Gasteiger partial charge in [0.25, 0.3) is 0 Å². The summed E-state index contributed by atoms with van der Waals surface area (Å²) in [6, 6.07) is 10.3. The van der Waals surface area contributed by atoms with Gasteiger partial charge in [-0.25, -0.2) is 0 Å². The Bertz CT molecular complexity index is 754. The molecule has 0 spiro atoms. The number of allylic oxidation sites excluding steroid dienone is 1. The van der Waals surface area contributed by atoms with Crippen molar-refractivity contribution in [3.63, 3.8) is 0 Å². The number of fused-ring (bicyclic) bond motifs is 1. The number of ether oxygens (including phenoxy) is 2. The molecule has 2 aromatic carbocycles. The minimum Gasteiger partial charge on any atom is -0.486 e. The lowest BCUT2D eigenvalue weighted by Crippen LogP contribution is -2.15. The van der Waals surface area contributed by atoms with Crippen molar-refractivity contribution < 1.29 is 14.3 Å². The van der Waals surface area contributed by atoms with E-state index in [-0.39, 0.29) is 5.78 Å². The molecule has 0 bridgehead atoms. The van der Waals surface area contributed by atoms with Crippen LogP contribution < -0.4 is 9.47 Å². The van der Waals surface area contributed by atoms with Crippen molar-refractivity contribution in [2.45, 2.75) is 0 Å². The smallest absolute Gasteiger partial charge is 0.187 e. The van der Waals surface area contributed by atoms with E-state index in [1.165, 1.54) is 6.08 Å². The van der Waals surface area contributed by atoms with Crippen molar-refractivity contribution in [2.24, 2.45) is 0 Å². The first kappa shape index (κ1) is 14.9. The van der Waals surface area contributed by atoms with E-state index >= 15 is 0 Å². The third kappa shape index (κ3) is 3.26. The normalized spacial score (nSPS) is 13.4. The molecule has 1 aliphatic heterocycles. The highest BCUT2D eigenvalue weighted by molar-refractivity contribution is 6.36. The van der Waals surface area contributed by atoms with Crippen molar-refractivity contribution in [1.29, 1.82) is 0 Å². The molecule has 0 unspecified atom stereocenters. The molecule has 112 valence electrons. The van der Waals surface area contributed by atoms with Crippen LogP contribution in [-0.2, 0) is 0 Å². The van der Waals surface area contributed by atoms with Gasteiger partial charge in [0, 0.05) is 10.6 Å².